The van der Waals surface area contributed by atoms with Crippen LogP contribution in [0, 0.1) is 17.9 Å². The van der Waals surface area contributed by atoms with Crippen molar-refractivity contribution in [3.8, 4) is 28.3 Å². The van der Waals surface area contributed by atoms with E-state index in [9.17, 15) is 9.59 Å². The van der Waals surface area contributed by atoms with Crippen LogP contribution >= 0.6 is 0 Å². The Balaban J connectivity index is 1.08. The van der Waals surface area contributed by atoms with Gasteiger partial charge in [-0.2, -0.15) is 5.26 Å². The van der Waals surface area contributed by atoms with Crippen molar-refractivity contribution in [1.29, 1.82) is 5.26 Å². The molecule has 62 heavy (non-hydrogen) atoms. The normalized spacial score (nSPS) is 11.5. The number of carboxylic acids is 2. The first kappa shape index (κ1) is 41.2. The van der Waals surface area contributed by atoms with E-state index in [4.69, 9.17) is 22.0 Å². The van der Waals surface area contributed by atoms with Crippen molar-refractivity contribution in [2.45, 2.75) is 0 Å². The number of benzene rings is 7. The van der Waals surface area contributed by atoms with Gasteiger partial charge in [0.25, 0.3) is 5.70 Å². The van der Waals surface area contributed by atoms with Gasteiger partial charge in [-0.1, -0.05) is 133 Å². The molecule has 7 rings (SSSR count). The van der Waals surface area contributed by atoms with Crippen LogP contribution in [0.1, 0.15) is 11.1 Å². The van der Waals surface area contributed by atoms with Gasteiger partial charge in [-0.25, -0.2) is 9.64 Å². The maximum absolute atomic E-state index is 11.1. The molecule has 0 fully saturated rings. The Morgan fingerprint density at radius 1 is 0.468 bits per heavy atom. The van der Waals surface area contributed by atoms with Gasteiger partial charge >= 0.3 is 11.9 Å². The third kappa shape index (κ3) is 9.99. The van der Waals surface area contributed by atoms with Gasteiger partial charge in [-0.15, -0.1) is 0 Å². The third-order valence-electron chi connectivity index (χ3n) is 9.92. The van der Waals surface area contributed by atoms with Crippen molar-refractivity contribution in [2.75, 3.05) is 9.80 Å². The molecule has 8 nitrogen and oxygen atoms in total. The van der Waals surface area contributed by atoms with Gasteiger partial charge in [0.2, 0.25) is 0 Å². The van der Waals surface area contributed by atoms with Crippen molar-refractivity contribution in [3.63, 3.8) is 0 Å². The Labute approximate surface area is 360 Å². The molecule has 2 N–H and O–H groups in total. The second-order valence-electron chi connectivity index (χ2n) is 13.9. The van der Waals surface area contributed by atoms with Gasteiger partial charge in [0.15, 0.2) is 0 Å². The molecule has 0 saturated heterocycles. The smallest absolute Gasteiger partial charge is 0.346 e. The molecule has 0 unspecified atom stereocenters. The molecule has 8 heteroatoms. The molecule has 7 aromatic carbocycles. The summed E-state index contributed by atoms with van der Waals surface area (Å²) in [4.78, 5) is 29.7. The average Bonchev–Trinajstić information content (AvgIpc) is 3.31. The quantitative estimate of drug-likeness (QED) is 0.0487. The molecule has 0 radical (unpaired) electrons. The molecule has 0 aliphatic heterocycles. The molecular weight excluding hydrogens is 769 g/mol. The van der Waals surface area contributed by atoms with Crippen molar-refractivity contribution in [1.82, 2.24) is 0 Å². The predicted molar refractivity (Wildman–Crippen MR) is 248 cm³/mol. The first-order chi connectivity index (χ1) is 30.3. The number of para-hydroxylation sites is 2. The van der Waals surface area contributed by atoms with E-state index in [1.807, 2.05) is 84.9 Å². The molecule has 0 spiro atoms. The number of anilines is 6. The first-order valence-electron chi connectivity index (χ1n) is 19.5. The van der Waals surface area contributed by atoms with Crippen molar-refractivity contribution in [3.05, 3.63) is 240 Å². The van der Waals surface area contributed by atoms with E-state index in [1.54, 1.807) is 30.4 Å². The molecule has 0 aromatic heterocycles. The summed E-state index contributed by atoms with van der Waals surface area (Å²) in [5.74, 6) is -2.51. The number of rotatable bonds is 14. The molecule has 0 amide bonds. The highest BCUT2D eigenvalue weighted by Crippen LogP contribution is 2.38. The summed E-state index contributed by atoms with van der Waals surface area (Å²) < 4.78 is 0. The fourth-order valence-corrected chi connectivity index (χ4v) is 6.80. The molecule has 0 aliphatic rings. The topological polar surface area (TPSA) is 109 Å². The van der Waals surface area contributed by atoms with E-state index >= 15 is 0 Å². The summed E-state index contributed by atoms with van der Waals surface area (Å²) >= 11 is 0. The molecule has 0 heterocycles. The van der Waals surface area contributed by atoms with Crippen molar-refractivity contribution >= 4 is 58.2 Å². The molecule has 0 bridgehead atoms. The summed E-state index contributed by atoms with van der Waals surface area (Å²) in [5.41, 5.74) is 11.3. The SMILES string of the molecule is [C-]#[N+]C(=CC=Cc1ccc(N(c2ccccc2)c2ccc(-c3ccc(-c4ccc(N(c5ccccc5)c5ccc(C=CC=C(C#N)C(=O)O)cc5)cc4)cc3)cc2)cc1)C(=O)O. The minimum atomic E-state index is -1.26. The van der Waals surface area contributed by atoms with Crippen LogP contribution in [0.25, 0.3) is 39.3 Å². The lowest BCUT2D eigenvalue weighted by atomic mass is 9.99. The standard InChI is InChI=1S/C54H38N4O4/c1-56-52(54(61)62)17-9-11-40-20-32-49(33-21-40)58(47-15-6-3-7-16-47)51-36-28-44(29-37-51)42-24-22-41(23-25-42)43-26-34-50(35-27-43)57(46-13-4-2-5-14-46)48-30-18-39(19-31-48)10-8-12-45(38-55)53(59)60/h2-37H,(H,59,60)(H,61,62). The number of hydrogen-bond donors (Lipinski definition) is 2. The maximum atomic E-state index is 11.1. The fourth-order valence-electron chi connectivity index (χ4n) is 6.80. The number of carboxylic acid groups (broad SMARTS) is 2. The van der Waals surface area contributed by atoms with E-state index in [2.05, 4.69) is 112 Å². The second kappa shape index (κ2) is 19.6. The van der Waals surface area contributed by atoms with Gasteiger partial charge < -0.3 is 20.0 Å². The zero-order chi connectivity index (χ0) is 43.3. The van der Waals surface area contributed by atoms with Gasteiger partial charge in [0.05, 0.1) is 6.57 Å². The maximum Gasteiger partial charge on any atom is 0.346 e. The molecule has 0 atom stereocenters. The lowest BCUT2D eigenvalue weighted by Gasteiger charge is -2.26. The van der Waals surface area contributed by atoms with Crippen LogP contribution in [0.2, 0.25) is 0 Å². The number of hydrogen-bond acceptors (Lipinski definition) is 5. The Morgan fingerprint density at radius 2 is 0.790 bits per heavy atom. The van der Waals surface area contributed by atoms with E-state index in [0.29, 0.717) is 0 Å². The number of carbonyl (C=O) groups is 2. The van der Waals surface area contributed by atoms with E-state index in [0.717, 1.165) is 67.5 Å². The van der Waals surface area contributed by atoms with Gasteiger partial charge in [-0.3, -0.25) is 4.79 Å². The number of nitrogens with zero attached hydrogens (tertiary/aromatic N) is 4. The first-order valence-corrected chi connectivity index (χ1v) is 19.5. The minimum absolute atomic E-state index is 0.327. The Hall–Kier alpha value is -8.98. The number of nitriles is 1. The molecule has 0 saturated carbocycles. The zero-order valence-electron chi connectivity index (χ0n) is 33.3. The van der Waals surface area contributed by atoms with E-state index < -0.39 is 11.9 Å². The molecule has 298 valence electrons. The zero-order valence-corrected chi connectivity index (χ0v) is 33.3. The van der Waals surface area contributed by atoms with Crippen LogP contribution in [-0.2, 0) is 9.59 Å². The van der Waals surface area contributed by atoms with Crippen LogP contribution < -0.4 is 9.80 Å². The summed E-state index contributed by atoms with van der Waals surface area (Å²) in [6.45, 7) is 7.03. The molecule has 0 aliphatic carbocycles. The Bertz CT molecular complexity index is 2670. The van der Waals surface area contributed by atoms with Gasteiger partial charge in [0, 0.05) is 34.1 Å². The lowest BCUT2D eigenvalue weighted by Crippen LogP contribution is -2.09. The highest BCUT2D eigenvalue weighted by molar-refractivity contribution is 5.91. The van der Waals surface area contributed by atoms with Crippen molar-refractivity contribution in [2.24, 2.45) is 0 Å². The van der Waals surface area contributed by atoms with Gasteiger partial charge in [-0.05, 0) is 118 Å². The monoisotopic (exact) mass is 806 g/mol. The average molecular weight is 807 g/mol. The minimum Gasteiger partial charge on any atom is -0.486 e. The lowest BCUT2D eigenvalue weighted by molar-refractivity contribution is -0.133. The molecule has 7 aromatic rings. The van der Waals surface area contributed by atoms with Crippen molar-refractivity contribution < 1.29 is 19.8 Å². The van der Waals surface area contributed by atoms with Gasteiger partial charge in [0.1, 0.15) is 11.6 Å². The predicted octanol–water partition coefficient (Wildman–Crippen LogP) is 13.4. The van der Waals surface area contributed by atoms with Crippen LogP contribution in [0.3, 0.4) is 0 Å². The van der Waals surface area contributed by atoms with Crippen LogP contribution in [0.4, 0.5) is 34.1 Å². The van der Waals surface area contributed by atoms with Crippen LogP contribution in [0.5, 0.6) is 0 Å². The van der Waals surface area contributed by atoms with E-state index in [1.165, 1.54) is 12.2 Å². The number of aliphatic carboxylic acids is 2. The second-order valence-corrected chi connectivity index (χ2v) is 13.9. The summed E-state index contributed by atoms with van der Waals surface area (Å²) in [5, 5.41) is 27.2. The fraction of sp³-hybridized carbons (Fsp3) is 0. The summed E-state index contributed by atoms with van der Waals surface area (Å²) in [7, 11) is 0. The third-order valence-corrected chi connectivity index (χ3v) is 9.92. The van der Waals surface area contributed by atoms with Crippen LogP contribution in [0.15, 0.2) is 218 Å². The largest absolute Gasteiger partial charge is 0.486 e. The van der Waals surface area contributed by atoms with E-state index in [-0.39, 0.29) is 11.3 Å². The van der Waals surface area contributed by atoms with Crippen LogP contribution in [-0.4, -0.2) is 22.2 Å². The Kier molecular flexibility index (Phi) is 13.1. The Morgan fingerprint density at radius 3 is 1.11 bits per heavy atom. The highest BCUT2D eigenvalue weighted by atomic mass is 16.4. The highest BCUT2D eigenvalue weighted by Gasteiger charge is 2.15. The summed E-state index contributed by atoms with van der Waals surface area (Å²) in [6.07, 6.45) is 9.24. The number of allylic oxidation sites excluding steroid dienone is 4. The summed E-state index contributed by atoms with van der Waals surface area (Å²) in [6, 6.07) is 63.2. The molecular formula is C54H38N4O4.